The van der Waals surface area contributed by atoms with E-state index in [9.17, 15) is 0 Å². The van der Waals surface area contributed by atoms with Gasteiger partial charge in [-0.2, -0.15) is 0 Å². The fourth-order valence-corrected chi connectivity index (χ4v) is 12.6. The van der Waals surface area contributed by atoms with Gasteiger partial charge >= 0.3 is 0 Å². The van der Waals surface area contributed by atoms with Crippen molar-refractivity contribution in [3.8, 4) is 22.3 Å². The van der Waals surface area contributed by atoms with Crippen LogP contribution >= 0.6 is 0 Å². The molecule has 17 aromatic rings. The summed E-state index contributed by atoms with van der Waals surface area (Å²) in [7, 11) is 0. The van der Waals surface area contributed by atoms with Crippen LogP contribution in [0.2, 0.25) is 0 Å². The number of anilines is 6. The summed E-state index contributed by atoms with van der Waals surface area (Å²) in [5.74, 6) is 0. The molecule has 0 aliphatic carbocycles. The van der Waals surface area contributed by atoms with Crippen LogP contribution in [0.15, 0.2) is 285 Å². The Balaban J connectivity index is 0.898. The van der Waals surface area contributed by atoms with Gasteiger partial charge in [0.25, 0.3) is 0 Å². The number of benzene rings is 13. The Bertz CT molecular complexity index is 4970. The zero-order valence-electron chi connectivity index (χ0n) is 42.9. The molecule has 6 nitrogen and oxygen atoms in total. The molecule has 0 spiro atoms. The van der Waals surface area contributed by atoms with Crippen LogP contribution in [-0.2, 0) is 0 Å². The first kappa shape index (κ1) is 44.3. The van der Waals surface area contributed by atoms with Gasteiger partial charge in [0.15, 0.2) is 11.2 Å². The molecule has 0 saturated heterocycles. The third kappa shape index (κ3) is 6.72. The maximum Gasteiger partial charge on any atom is 0.159 e. The minimum atomic E-state index is 0.791. The van der Waals surface area contributed by atoms with Gasteiger partial charge in [0.1, 0.15) is 33.5 Å². The van der Waals surface area contributed by atoms with Crippen molar-refractivity contribution in [2.24, 2.45) is 0 Å². The van der Waals surface area contributed by atoms with E-state index in [4.69, 9.17) is 17.7 Å². The first-order valence-electron chi connectivity index (χ1n) is 27.0. The van der Waals surface area contributed by atoms with E-state index in [2.05, 4.69) is 252 Å². The van der Waals surface area contributed by atoms with Crippen LogP contribution in [0.4, 0.5) is 34.1 Å². The van der Waals surface area contributed by atoms with E-state index < -0.39 is 0 Å². The molecule has 13 aromatic carbocycles. The van der Waals surface area contributed by atoms with E-state index in [0.29, 0.717) is 0 Å². The summed E-state index contributed by atoms with van der Waals surface area (Å²) in [6, 6.07) is 94.0. The van der Waals surface area contributed by atoms with Crippen molar-refractivity contribution in [3.63, 3.8) is 0 Å². The van der Waals surface area contributed by atoms with E-state index in [0.717, 1.165) is 166 Å². The molecule has 0 saturated carbocycles. The van der Waals surface area contributed by atoms with Crippen molar-refractivity contribution in [2.75, 3.05) is 9.80 Å². The van der Waals surface area contributed by atoms with Crippen molar-refractivity contribution in [1.29, 1.82) is 0 Å². The van der Waals surface area contributed by atoms with Gasteiger partial charge in [-0.1, -0.05) is 170 Å². The van der Waals surface area contributed by atoms with Crippen molar-refractivity contribution in [1.82, 2.24) is 0 Å². The number of fused-ring (bicyclic) bond motifs is 15. The largest absolute Gasteiger partial charge is 0.455 e. The monoisotopic (exact) mass is 1020 g/mol. The van der Waals surface area contributed by atoms with E-state index >= 15 is 0 Å². The molecule has 0 fully saturated rings. The molecule has 4 heterocycles. The van der Waals surface area contributed by atoms with Gasteiger partial charge < -0.3 is 27.5 Å². The van der Waals surface area contributed by atoms with Gasteiger partial charge in [0, 0.05) is 77.0 Å². The highest BCUT2D eigenvalue weighted by Crippen LogP contribution is 2.53. The third-order valence-electron chi connectivity index (χ3n) is 16.1. The number of hydrogen-bond donors (Lipinski definition) is 0. The summed E-state index contributed by atoms with van der Waals surface area (Å²) < 4.78 is 28.1. The number of nitrogens with zero attached hydrogens (tertiary/aromatic N) is 2. The highest BCUT2D eigenvalue weighted by Gasteiger charge is 2.28. The molecule has 17 rings (SSSR count). The van der Waals surface area contributed by atoms with Crippen LogP contribution in [0.25, 0.3) is 132 Å². The van der Waals surface area contributed by atoms with Crippen LogP contribution in [0.3, 0.4) is 0 Å². The zero-order chi connectivity index (χ0) is 52.4. The zero-order valence-corrected chi connectivity index (χ0v) is 42.9. The number of furan rings is 4. The normalized spacial score (nSPS) is 12.0. The number of rotatable bonds is 8. The molecule has 0 bridgehead atoms. The smallest absolute Gasteiger partial charge is 0.159 e. The summed E-state index contributed by atoms with van der Waals surface area (Å²) in [5, 5.41) is 12.7. The SMILES string of the molecule is c1ccc(-c2c(-c3ccccc3)c3oc4cc5cc(N(c6ccccc6)c6cccc7c6oc6ccccc67)ccc5cc4c3c3c2oc2cc4cc(N(c5ccccc5)c5cccc6c5oc5ccccc56)ccc4cc23)cc1. The van der Waals surface area contributed by atoms with E-state index in [1.54, 1.807) is 0 Å². The predicted octanol–water partition coefficient (Wildman–Crippen LogP) is 21.9. The third-order valence-corrected chi connectivity index (χ3v) is 16.1. The molecule has 4 aromatic heterocycles. The van der Waals surface area contributed by atoms with Crippen LogP contribution < -0.4 is 9.80 Å². The van der Waals surface area contributed by atoms with E-state index in [1.165, 1.54) is 0 Å². The number of hydrogen-bond acceptors (Lipinski definition) is 6. The second kappa shape index (κ2) is 17.3. The van der Waals surface area contributed by atoms with Crippen LogP contribution in [0, 0.1) is 0 Å². The Morgan fingerprint density at radius 2 is 0.600 bits per heavy atom. The Hall–Kier alpha value is -10.8. The van der Waals surface area contributed by atoms with Gasteiger partial charge in [0.05, 0.1) is 11.4 Å². The molecule has 0 N–H and O–H groups in total. The molecule has 6 heteroatoms. The van der Waals surface area contributed by atoms with Crippen LogP contribution in [0.5, 0.6) is 0 Å². The summed E-state index contributed by atoms with van der Waals surface area (Å²) >= 11 is 0. The molecular weight excluding hydrogens is 981 g/mol. The molecule has 0 aliphatic rings. The van der Waals surface area contributed by atoms with Gasteiger partial charge in [-0.15, -0.1) is 0 Å². The molecule has 0 aliphatic heterocycles. The summed E-state index contributed by atoms with van der Waals surface area (Å²) in [5.41, 5.74) is 16.6. The summed E-state index contributed by atoms with van der Waals surface area (Å²) in [6.07, 6.45) is 0. The average molecular weight is 1030 g/mol. The standard InChI is InChI=1S/C74H44N2O4/c1-5-19-45(20-6-1)67-68(46-21-7-2-8-22-46)74-70(60-42-48-36-38-54(40-50(48)44-66(60)80-74)76(52-25-11-4-12-26-52)62-32-18-30-58-56-28-14-16-34-64(56)78-72(58)62)69-59-41-47-35-37-53(39-49(47)43-65(59)79-73(67)69)75(51-23-9-3-10-24-51)61-31-17-29-57-55-27-13-15-33-63(55)77-71(57)61/h1-44H. The minimum Gasteiger partial charge on any atom is -0.455 e. The molecule has 0 atom stereocenters. The number of para-hydroxylation sites is 6. The van der Waals surface area contributed by atoms with E-state index in [1.807, 2.05) is 24.3 Å². The quantitative estimate of drug-likeness (QED) is 0.151. The van der Waals surface area contributed by atoms with Crippen molar-refractivity contribution >= 4 is 143 Å². The maximum absolute atomic E-state index is 7.38. The Morgan fingerprint density at radius 3 is 1.04 bits per heavy atom. The maximum atomic E-state index is 7.38. The van der Waals surface area contributed by atoms with Crippen molar-refractivity contribution in [3.05, 3.63) is 267 Å². The molecule has 0 unspecified atom stereocenters. The van der Waals surface area contributed by atoms with Crippen molar-refractivity contribution < 1.29 is 17.7 Å². The van der Waals surface area contributed by atoms with Crippen LogP contribution in [-0.4, -0.2) is 0 Å². The second-order valence-corrected chi connectivity index (χ2v) is 20.7. The first-order valence-corrected chi connectivity index (χ1v) is 27.0. The lowest BCUT2D eigenvalue weighted by atomic mass is 9.89. The molecule has 80 heavy (non-hydrogen) atoms. The van der Waals surface area contributed by atoms with Crippen LogP contribution in [0.1, 0.15) is 0 Å². The lowest BCUT2D eigenvalue weighted by Crippen LogP contribution is -2.10. The highest BCUT2D eigenvalue weighted by atomic mass is 16.3. The first-order chi connectivity index (χ1) is 39.7. The lowest BCUT2D eigenvalue weighted by molar-refractivity contribution is 0.665. The van der Waals surface area contributed by atoms with E-state index in [-0.39, 0.29) is 0 Å². The highest BCUT2D eigenvalue weighted by molar-refractivity contribution is 6.33. The van der Waals surface area contributed by atoms with Crippen molar-refractivity contribution in [2.45, 2.75) is 0 Å². The average Bonchev–Trinajstić information content (AvgIpc) is 4.23. The topological polar surface area (TPSA) is 59.0 Å². The molecule has 0 radical (unpaired) electrons. The van der Waals surface area contributed by atoms with Gasteiger partial charge in [-0.3, -0.25) is 0 Å². The minimum absolute atomic E-state index is 0.791. The fourth-order valence-electron chi connectivity index (χ4n) is 12.6. The summed E-state index contributed by atoms with van der Waals surface area (Å²) in [4.78, 5) is 4.59. The predicted molar refractivity (Wildman–Crippen MR) is 331 cm³/mol. The molecular formula is C74H44N2O4. The fraction of sp³-hybridized carbons (Fsp3) is 0. The Morgan fingerprint density at radius 1 is 0.225 bits per heavy atom. The van der Waals surface area contributed by atoms with Gasteiger partial charge in [-0.05, 0) is 130 Å². The molecule has 374 valence electrons. The summed E-state index contributed by atoms with van der Waals surface area (Å²) in [6.45, 7) is 0. The molecule has 0 amide bonds. The van der Waals surface area contributed by atoms with Gasteiger partial charge in [0.2, 0.25) is 0 Å². The Kier molecular flexibility index (Phi) is 9.61. The lowest BCUT2D eigenvalue weighted by Gasteiger charge is -2.25. The Labute approximate surface area is 457 Å². The second-order valence-electron chi connectivity index (χ2n) is 20.7. The van der Waals surface area contributed by atoms with Gasteiger partial charge in [-0.25, -0.2) is 0 Å².